The molecule has 76 valence electrons. The van der Waals surface area contributed by atoms with Gasteiger partial charge in [0.2, 0.25) is 5.24 Å². The smallest absolute Gasteiger partial charge is 0.226 e. The first-order valence-corrected chi connectivity index (χ1v) is 5.54. The van der Waals surface area contributed by atoms with Crippen LogP contribution < -0.4 is 0 Å². The first-order chi connectivity index (χ1) is 6.43. The second kappa shape index (κ2) is 4.45. The maximum Gasteiger partial charge on any atom is 0.226 e. The van der Waals surface area contributed by atoms with Gasteiger partial charge in [0, 0.05) is 10.9 Å². The Bertz CT molecular complexity index is 385. The third-order valence-electron chi connectivity index (χ3n) is 2.35. The van der Waals surface area contributed by atoms with Gasteiger partial charge >= 0.3 is 0 Å². The third-order valence-corrected chi connectivity index (χ3v) is 3.71. The number of benzene rings is 1. The normalized spacial score (nSPS) is 10.4. The van der Waals surface area contributed by atoms with Gasteiger partial charge in [-0.05, 0) is 54.6 Å². The lowest BCUT2D eigenvalue weighted by molar-refractivity contribution is -0.111. The fourth-order valence-electron chi connectivity index (χ4n) is 1.61. The minimum atomic E-state index is -0.313. The summed E-state index contributed by atoms with van der Waals surface area (Å²) in [5.41, 5.74) is 4.45. The summed E-state index contributed by atoms with van der Waals surface area (Å²) in [6.45, 7) is 6.04. The Morgan fingerprint density at radius 2 is 1.93 bits per heavy atom. The van der Waals surface area contributed by atoms with Crippen LogP contribution in [0.1, 0.15) is 22.3 Å². The van der Waals surface area contributed by atoms with E-state index in [0.29, 0.717) is 6.42 Å². The van der Waals surface area contributed by atoms with E-state index in [2.05, 4.69) is 22.0 Å². The zero-order valence-corrected chi connectivity index (χ0v) is 10.8. The van der Waals surface area contributed by atoms with E-state index in [0.717, 1.165) is 21.2 Å². The molecule has 0 saturated carbocycles. The van der Waals surface area contributed by atoms with E-state index in [4.69, 9.17) is 11.6 Å². The number of hydrogen-bond acceptors (Lipinski definition) is 1. The highest BCUT2D eigenvalue weighted by atomic mass is 79.9. The largest absolute Gasteiger partial charge is 0.281 e. The van der Waals surface area contributed by atoms with Gasteiger partial charge in [-0.1, -0.05) is 22.0 Å². The molecule has 3 heteroatoms. The predicted molar refractivity (Wildman–Crippen MR) is 62.9 cm³/mol. The van der Waals surface area contributed by atoms with Crippen LogP contribution in [0, 0.1) is 20.8 Å². The summed E-state index contributed by atoms with van der Waals surface area (Å²) >= 11 is 8.89. The fourth-order valence-corrected chi connectivity index (χ4v) is 2.10. The standard InChI is InChI=1S/C11H12BrClO/c1-6-4-7(2)11(12)8(3)9(6)5-10(13)14/h4H,5H2,1-3H3. The lowest BCUT2D eigenvalue weighted by Gasteiger charge is -2.12. The number of carbonyl (C=O) groups is 1. The Balaban J connectivity index is 3.29. The molecular weight excluding hydrogens is 263 g/mol. The van der Waals surface area contributed by atoms with E-state index in [9.17, 15) is 4.79 Å². The van der Waals surface area contributed by atoms with Crippen molar-refractivity contribution in [2.24, 2.45) is 0 Å². The maximum atomic E-state index is 10.9. The molecule has 0 aliphatic carbocycles. The summed E-state index contributed by atoms with van der Waals surface area (Å²) in [6.07, 6.45) is 0.304. The average Bonchev–Trinajstić information content (AvgIpc) is 2.09. The molecule has 1 nitrogen and oxygen atoms in total. The van der Waals surface area contributed by atoms with E-state index in [1.54, 1.807) is 0 Å². The lowest BCUT2D eigenvalue weighted by Crippen LogP contribution is -2.01. The molecule has 0 heterocycles. The Labute approximate surface area is 97.6 Å². The number of aryl methyl sites for hydroxylation is 2. The van der Waals surface area contributed by atoms with Crippen molar-refractivity contribution in [2.75, 3.05) is 0 Å². The van der Waals surface area contributed by atoms with Gasteiger partial charge in [-0.3, -0.25) is 4.79 Å². The molecule has 0 atom stereocenters. The van der Waals surface area contributed by atoms with E-state index < -0.39 is 0 Å². The zero-order valence-electron chi connectivity index (χ0n) is 8.45. The van der Waals surface area contributed by atoms with Crippen LogP contribution in [-0.4, -0.2) is 5.24 Å². The van der Waals surface area contributed by atoms with Gasteiger partial charge in [0.25, 0.3) is 0 Å². The number of halogens is 2. The molecule has 0 saturated heterocycles. The third kappa shape index (κ3) is 2.37. The molecule has 0 spiro atoms. The Morgan fingerprint density at radius 1 is 1.36 bits per heavy atom. The van der Waals surface area contributed by atoms with Crippen molar-refractivity contribution >= 4 is 32.8 Å². The highest BCUT2D eigenvalue weighted by Gasteiger charge is 2.11. The fraction of sp³-hybridized carbons (Fsp3) is 0.364. The van der Waals surface area contributed by atoms with Gasteiger partial charge in [-0.2, -0.15) is 0 Å². The van der Waals surface area contributed by atoms with Crippen molar-refractivity contribution in [3.63, 3.8) is 0 Å². The Kier molecular flexibility index (Phi) is 3.73. The SMILES string of the molecule is Cc1cc(C)c(CC(=O)Cl)c(C)c1Br. The molecule has 0 radical (unpaired) electrons. The Hall–Kier alpha value is -0.340. The second-order valence-electron chi connectivity index (χ2n) is 3.46. The minimum absolute atomic E-state index is 0.304. The summed E-state index contributed by atoms with van der Waals surface area (Å²) in [5, 5.41) is -0.313. The van der Waals surface area contributed by atoms with Gasteiger partial charge < -0.3 is 0 Å². The van der Waals surface area contributed by atoms with E-state index in [1.165, 1.54) is 5.56 Å². The number of hydrogen-bond donors (Lipinski definition) is 0. The average molecular weight is 276 g/mol. The predicted octanol–water partition coefficient (Wildman–Crippen LogP) is 3.68. The van der Waals surface area contributed by atoms with Crippen LogP contribution in [0.15, 0.2) is 10.5 Å². The molecular formula is C11H12BrClO. The minimum Gasteiger partial charge on any atom is -0.281 e. The van der Waals surface area contributed by atoms with Crippen molar-refractivity contribution in [1.82, 2.24) is 0 Å². The molecule has 0 unspecified atom stereocenters. The van der Waals surface area contributed by atoms with Crippen LogP contribution in [0.5, 0.6) is 0 Å². The summed E-state index contributed by atoms with van der Waals surface area (Å²) in [5.74, 6) is 0. The van der Waals surface area contributed by atoms with Gasteiger partial charge in [0.05, 0.1) is 0 Å². The molecule has 0 amide bonds. The summed E-state index contributed by atoms with van der Waals surface area (Å²) in [6, 6.07) is 2.06. The van der Waals surface area contributed by atoms with Gasteiger partial charge in [-0.25, -0.2) is 0 Å². The molecule has 0 aromatic heterocycles. The second-order valence-corrected chi connectivity index (χ2v) is 4.67. The highest BCUT2D eigenvalue weighted by Crippen LogP contribution is 2.27. The van der Waals surface area contributed by atoms with Crippen LogP contribution >= 0.6 is 27.5 Å². The number of rotatable bonds is 2. The van der Waals surface area contributed by atoms with Crippen LogP contribution in [0.2, 0.25) is 0 Å². The summed E-state index contributed by atoms with van der Waals surface area (Å²) in [7, 11) is 0. The van der Waals surface area contributed by atoms with Crippen LogP contribution in [0.4, 0.5) is 0 Å². The number of carbonyl (C=O) groups excluding carboxylic acids is 1. The van der Waals surface area contributed by atoms with Crippen LogP contribution in [-0.2, 0) is 11.2 Å². The van der Waals surface area contributed by atoms with Crippen molar-refractivity contribution in [3.05, 3.63) is 32.8 Å². The molecule has 0 N–H and O–H groups in total. The molecule has 0 bridgehead atoms. The molecule has 0 aliphatic rings. The first kappa shape index (κ1) is 11.7. The monoisotopic (exact) mass is 274 g/mol. The maximum absolute atomic E-state index is 10.9. The summed E-state index contributed by atoms with van der Waals surface area (Å²) < 4.78 is 1.07. The summed E-state index contributed by atoms with van der Waals surface area (Å²) in [4.78, 5) is 10.9. The molecule has 0 aliphatic heterocycles. The van der Waals surface area contributed by atoms with Crippen molar-refractivity contribution in [3.8, 4) is 0 Å². The first-order valence-electron chi connectivity index (χ1n) is 4.37. The molecule has 14 heavy (non-hydrogen) atoms. The van der Waals surface area contributed by atoms with Crippen LogP contribution in [0.3, 0.4) is 0 Å². The van der Waals surface area contributed by atoms with E-state index in [1.807, 2.05) is 20.8 Å². The molecule has 1 rings (SSSR count). The van der Waals surface area contributed by atoms with Gasteiger partial charge in [0.1, 0.15) is 0 Å². The molecule has 1 aromatic rings. The van der Waals surface area contributed by atoms with E-state index >= 15 is 0 Å². The van der Waals surface area contributed by atoms with Gasteiger partial charge in [0.15, 0.2) is 0 Å². The van der Waals surface area contributed by atoms with E-state index in [-0.39, 0.29) is 5.24 Å². The lowest BCUT2D eigenvalue weighted by atomic mass is 9.98. The highest BCUT2D eigenvalue weighted by molar-refractivity contribution is 9.10. The topological polar surface area (TPSA) is 17.1 Å². The van der Waals surface area contributed by atoms with Crippen LogP contribution in [0.25, 0.3) is 0 Å². The Morgan fingerprint density at radius 3 is 2.43 bits per heavy atom. The molecule has 1 aromatic carbocycles. The molecule has 0 fully saturated rings. The van der Waals surface area contributed by atoms with Crippen molar-refractivity contribution in [1.29, 1.82) is 0 Å². The zero-order chi connectivity index (χ0) is 10.9. The van der Waals surface area contributed by atoms with Crippen molar-refractivity contribution < 1.29 is 4.79 Å². The van der Waals surface area contributed by atoms with Crippen molar-refractivity contribution in [2.45, 2.75) is 27.2 Å². The quantitative estimate of drug-likeness (QED) is 0.753. The van der Waals surface area contributed by atoms with Gasteiger partial charge in [-0.15, -0.1) is 0 Å².